The van der Waals surface area contributed by atoms with Gasteiger partial charge in [-0.15, -0.1) is 12.4 Å². The Hall–Kier alpha value is -1.33. The number of nitrogens with zero attached hydrogens (tertiary/aromatic N) is 3. The largest absolute Gasteiger partial charge is 0.384 e. The molecule has 6 heteroatoms. The Balaban J connectivity index is 0.00000144. The first kappa shape index (κ1) is 13.7. The molecule has 0 atom stereocenters. The third-order valence-corrected chi connectivity index (χ3v) is 2.88. The molecular weight excluding hydrogens is 238 g/mol. The van der Waals surface area contributed by atoms with Crippen LogP contribution in [0.15, 0.2) is 18.3 Å². The summed E-state index contributed by atoms with van der Waals surface area (Å²) in [7, 11) is 2.11. The number of pyridine rings is 1. The fraction of sp³-hybridized carbons (Fsp3) is 0.455. The van der Waals surface area contributed by atoms with E-state index in [0.717, 1.165) is 37.6 Å². The zero-order chi connectivity index (χ0) is 11.5. The van der Waals surface area contributed by atoms with E-state index in [0.29, 0.717) is 0 Å². The van der Waals surface area contributed by atoms with Crippen molar-refractivity contribution in [1.29, 1.82) is 5.41 Å². The Kier molecular flexibility index (Phi) is 4.72. The van der Waals surface area contributed by atoms with Gasteiger partial charge in [-0.25, -0.2) is 4.98 Å². The van der Waals surface area contributed by atoms with Gasteiger partial charge >= 0.3 is 0 Å². The molecule has 1 saturated heterocycles. The van der Waals surface area contributed by atoms with Gasteiger partial charge in [0, 0.05) is 32.4 Å². The highest BCUT2D eigenvalue weighted by Crippen LogP contribution is 2.17. The monoisotopic (exact) mass is 255 g/mol. The van der Waals surface area contributed by atoms with Gasteiger partial charge in [0.2, 0.25) is 0 Å². The van der Waals surface area contributed by atoms with Gasteiger partial charge in [0.25, 0.3) is 0 Å². The Morgan fingerprint density at radius 3 is 2.59 bits per heavy atom. The quantitative estimate of drug-likeness (QED) is 0.598. The van der Waals surface area contributed by atoms with Crippen molar-refractivity contribution in [2.45, 2.75) is 0 Å². The number of hydrogen-bond donors (Lipinski definition) is 2. The van der Waals surface area contributed by atoms with E-state index in [2.05, 4.69) is 21.8 Å². The van der Waals surface area contributed by atoms with Crippen LogP contribution in [0.2, 0.25) is 0 Å². The van der Waals surface area contributed by atoms with Crippen molar-refractivity contribution in [3.05, 3.63) is 23.9 Å². The second kappa shape index (κ2) is 5.84. The van der Waals surface area contributed by atoms with Crippen molar-refractivity contribution in [1.82, 2.24) is 9.88 Å². The Morgan fingerprint density at radius 2 is 2.00 bits per heavy atom. The van der Waals surface area contributed by atoms with Crippen molar-refractivity contribution >= 4 is 24.1 Å². The molecule has 0 aromatic carbocycles. The second-order valence-electron chi connectivity index (χ2n) is 4.08. The van der Waals surface area contributed by atoms with Gasteiger partial charge in [-0.05, 0) is 19.2 Å². The van der Waals surface area contributed by atoms with Gasteiger partial charge < -0.3 is 15.5 Å². The number of piperazine rings is 1. The molecule has 3 N–H and O–H groups in total. The number of amidine groups is 1. The van der Waals surface area contributed by atoms with Gasteiger partial charge in [0.1, 0.15) is 11.7 Å². The van der Waals surface area contributed by atoms with Crippen molar-refractivity contribution in [3.63, 3.8) is 0 Å². The summed E-state index contributed by atoms with van der Waals surface area (Å²) < 4.78 is 0. The molecule has 0 amide bonds. The van der Waals surface area contributed by atoms with Crippen LogP contribution >= 0.6 is 12.4 Å². The molecule has 1 aliphatic rings. The number of anilines is 1. The average Bonchev–Trinajstić information content (AvgIpc) is 2.30. The van der Waals surface area contributed by atoms with E-state index in [-0.39, 0.29) is 18.2 Å². The van der Waals surface area contributed by atoms with Crippen LogP contribution in [0.3, 0.4) is 0 Å². The molecule has 1 aromatic heterocycles. The van der Waals surface area contributed by atoms with Crippen LogP contribution in [-0.4, -0.2) is 48.9 Å². The maximum absolute atomic E-state index is 7.54. The number of nitrogen functional groups attached to an aromatic ring is 1. The lowest BCUT2D eigenvalue weighted by Crippen LogP contribution is -2.45. The highest BCUT2D eigenvalue weighted by Gasteiger charge is 2.18. The predicted octanol–water partition coefficient (Wildman–Crippen LogP) is 0.539. The molecule has 2 heterocycles. The van der Waals surface area contributed by atoms with Crippen molar-refractivity contribution in [2.24, 2.45) is 5.73 Å². The van der Waals surface area contributed by atoms with E-state index < -0.39 is 0 Å². The average molecular weight is 256 g/mol. The van der Waals surface area contributed by atoms with Gasteiger partial charge in [0.05, 0.1) is 5.56 Å². The molecule has 1 fully saturated rings. The molecule has 0 unspecified atom stereocenters. The maximum Gasteiger partial charge on any atom is 0.139 e. The molecule has 5 nitrogen and oxygen atoms in total. The van der Waals surface area contributed by atoms with E-state index >= 15 is 0 Å². The van der Waals surface area contributed by atoms with Crippen LogP contribution in [0.1, 0.15) is 5.56 Å². The number of nitrogens with one attached hydrogen (secondary N) is 1. The highest BCUT2D eigenvalue weighted by molar-refractivity contribution is 5.99. The molecule has 1 aromatic rings. The molecule has 0 saturated carbocycles. The Morgan fingerprint density at radius 1 is 1.35 bits per heavy atom. The van der Waals surface area contributed by atoms with Crippen LogP contribution in [0.4, 0.5) is 5.82 Å². The van der Waals surface area contributed by atoms with Crippen molar-refractivity contribution in [3.8, 4) is 0 Å². The fourth-order valence-electron chi connectivity index (χ4n) is 1.88. The van der Waals surface area contributed by atoms with Crippen LogP contribution in [0.25, 0.3) is 0 Å². The Labute approximate surface area is 108 Å². The third-order valence-electron chi connectivity index (χ3n) is 2.88. The van der Waals surface area contributed by atoms with Crippen molar-refractivity contribution in [2.75, 3.05) is 38.1 Å². The zero-order valence-corrected chi connectivity index (χ0v) is 10.7. The third kappa shape index (κ3) is 3.08. The lowest BCUT2D eigenvalue weighted by atomic mass is 10.2. The normalized spacial score (nSPS) is 16.4. The first-order valence-corrected chi connectivity index (χ1v) is 5.41. The summed E-state index contributed by atoms with van der Waals surface area (Å²) in [6.07, 6.45) is 1.75. The Bertz CT molecular complexity index is 387. The summed E-state index contributed by atoms with van der Waals surface area (Å²) >= 11 is 0. The summed E-state index contributed by atoms with van der Waals surface area (Å²) in [6.45, 7) is 3.92. The minimum atomic E-state index is 0. The number of aromatic nitrogens is 1. The van der Waals surface area contributed by atoms with Crippen LogP contribution < -0.4 is 10.6 Å². The maximum atomic E-state index is 7.54. The minimum Gasteiger partial charge on any atom is -0.384 e. The second-order valence-corrected chi connectivity index (χ2v) is 4.08. The summed E-state index contributed by atoms with van der Waals surface area (Å²) in [4.78, 5) is 8.81. The summed E-state index contributed by atoms with van der Waals surface area (Å²) in [5.41, 5.74) is 6.28. The van der Waals surface area contributed by atoms with Gasteiger partial charge in [-0.3, -0.25) is 5.41 Å². The summed E-state index contributed by atoms with van der Waals surface area (Å²) in [6, 6.07) is 3.67. The number of halogens is 1. The molecule has 94 valence electrons. The van der Waals surface area contributed by atoms with E-state index in [1.165, 1.54) is 0 Å². The molecular formula is C11H18ClN5. The molecule has 0 aliphatic carbocycles. The van der Waals surface area contributed by atoms with E-state index in [4.69, 9.17) is 11.1 Å². The highest BCUT2D eigenvalue weighted by atomic mass is 35.5. The minimum absolute atomic E-state index is 0. The van der Waals surface area contributed by atoms with Gasteiger partial charge in [-0.1, -0.05) is 0 Å². The number of hydrogen-bond acceptors (Lipinski definition) is 4. The first-order valence-electron chi connectivity index (χ1n) is 5.41. The molecule has 0 radical (unpaired) electrons. The van der Waals surface area contributed by atoms with E-state index in [1.54, 1.807) is 6.20 Å². The van der Waals surface area contributed by atoms with E-state index in [1.807, 2.05) is 12.1 Å². The molecule has 0 bridgehead atoms. The number of rotatable bonds is 2. The SMILES string of the molecule is CN1CCN(c2ncccc2C(=N)N)CC1.Cl. The van der Waals surface area contributed by atoms with E-state index in [9.17, 15) is 0 Å². The molecule has 0 spiro atoms. The van der Waals surface area contributed by atoms with Crippen LogP contribution in [-0.2, 0) is 0 Å². The van der Waals surface area contributed by atoms with Gasteiger partial charge in [0.15, 0.2) is 0 Å². The van der Waals surface area contributed by atoms with Gasteiger partial charge in [-0.2, -0.15) is 0 Å². The zero-order valence-electron chi connectivity index (χ0n) is 9.89. The van der Waals surface area contributed by atoms with Crippen LogP contribution in [0.5, 0.6) is 0 Å². The molecule has 17 heavy (non-hydrogen) atoms. The predicted molar refractivity (Wildman–Crippen MR) is 72.2 cm³/mol. The standard InChI is InChI=1S/C11H17N5.ClH/c1-15-5-7-16(8-6-15)11-9(10(12)13)3-2-4-14-11;/h2-4H,5-8H2,1H3,(H3,12,13);1H. The lowest BCUT2D eigenvalue weighted by molar-refractivity contribution is 0.312. The first-order chi connectivity index (χ1) is 7.68. The number of nitrogens with two attached hydrogens (primary N) is 1. The molecule has 1 aliphatic heterocycles. The fourth-order valence-corrected chi connectivity index (χ4v) is 1.88. The number of likely N-dealkylation sites (N-methyl/N-ethyl adjacent to an activating group) is 1. The summed E-state index contributed by atoms with van der Waals surface area (Å²) in [5.74, 6) is 0.921. The summed E-state index contributed by atoms with van der Waals surface area (Å²) in [5, 5.41) is 7.54. The smallest absolute Gasteiger partial charge is 0.139 e. The topological polar surface area (TPSA) is 69.2 Å². The van der Waals surface area contributed by atoms with Crippen LogP contribution in [0, 0.1) is 5.41 Å². The van der Waals surface area contributed by atoms with Crippen molar-refractivity contribution < 1.29 is 0 Å². The molecule has 2 rings (SSSR count). The lowest BCUT2D eigenvalue weighted by Gasteiger charge is -2.34.